The summed E-state index contributed by atoms with van der Waals surface area (Å²) >= 11 is 5.37. The molecule has 1 unspecified atom stereocenters. The van der Waals surface area contributed by atoms with Gasteiger partial charge in [-0.15, -0.1) is 10.2 Å². The number of carbonyl (C=O) groups excluding carboxylic acids is 2. The van der Waals surface area contributed by atoms with Gasteiger partial charge in [0.1, 0.15) is 11.9 Å². The smallest absolute Gasteiger partial charge is 0.414 e. The zero-order valence-corrected chi connectivity index (χ0v) is 17.6. The number of hydrogen-bond donors (Lipinski definition) is 1. The third kappa shape index (κ3) is 4.58. The molecule has 2 amide bonds. The summed E-state index contributed by atoms with van der Waals surface area (Å²) in [6.45, 7) is 4.15. The van der Waals surface area contributed by atoms with Gasteiger partial charge in [0.05, 0.1) is 24.5 Å². The first kappa shape index (κ1) is 21.0. The molecule has 1 aromatic heterocycles. The van der Waals surface area contributed by atoms with Crippen LogP contribution >= 0.6 is 12.2 Å². The molecule has 12 heteroatoms. The summed E-state index contributed by atoms with van der Waals surface area (Å²) in [5.41, 5.74) is 0.863. The monoisotopic (exact) mass is 448 g/mol. The summed E-state index contributed by atoms with van der Waals surface area (Å²) in [6, 6.07) is 4.67. The van der Waals surface area contributed by atoms with Crippen LogP contribution in [0.4, 0.5) is 20.6 Å². The van der Waals surface area contributed by atoms with E-state index in [-0.39, 0.29) is 19.0 Å². The van der Waals surface area contributed by atoms with E-state index in [1.54, 1.807) is 12.1 Å². The van der Waals surface area contributed by atoms with Crippen molar-refractivity contribution in [1.29, 1.82) is 0 Å². The molecule has 2 fully saturated rings. The fraction of sp³-hybridized carbons (Fsp3) is 0.421. The van der Waals surface area contributed by atoms with E-state index in [9.17, 15) is 14.0 Å². The first-order valence-electron chi connectivity index (χ1n) is 9.75. The van der Waals surface area contributed by atoms with Gasteiger partial charge in [0.2, 0.25) is 12.3 Å². The third-order valence-electron chi connectivity index (χ3n) is 5.15. The summed E-state index contributed by atoms with van der Waals surface area (Å²) in [5.74, 6) is -0.334. The number of cyclic esters (lactones) is 1. The van der Waals surface area contributed by atoms with Crippen LogP contribution in [0.1, 0.15) is 12.8 Å². The summed E-state index contributed by atoms with van der Waals surface area (Å²) in [4.78, 5) is 28.9. The minimum absolute atomic E-state index is 0.206. The highest BCUT2D eigenvalue weighted by atomic mass is 32.1. The number of benzene rings is 1. The summed E-state index contributed by atoms with van der Waals surface area (Å²) in [6.07, 6.45) is 0.188. The quantitative estimate of drug-likeness (QED) is 0.675. The van der Waals surface area contributed by atoms with Crippen molar-refractivity contribution in [2.24, 2.45) is 0 Å². The lowest BCUT2D eigenvalue weighted by Crippen LogP contribution is -2.48. The molecule has 0 spiro atoms. The largest absolute Gasteiger partial charge is 0.442 e. The van der Waals surface area contributed by atoms with E-state index < -0.39 is 18.0 Å². The second-order valence-electron chi connectivity index (χ2n) is 7.21. The normalized spacial score (nSPS) is 18.8. The molecule has 2 saturated heterocycles. The van der Waals surface area contributed by atoms with Crippen molar-refractivity contribution in [2.75, 3.05) is 49.1 Å². The van der Waals surface area contributed by atoms with Crippen LogP contribution in [0.3, 0.4) is 0 Å². The fourth-order valence-electron chi connectivity index (χ4n) is 3.57. The van der Waals surface area contributed by atoms with Crippen molar-refractivity contribution in [3.63, 3.8) is 0 Å². The summed E-state index contributed by atoms with van der Waals surface area (Å²) in [5, 5.41) is 10.1. The van der Waals surface area contributed by atoms with Crippen molar-refractivity contribution in [3.05, 3.63) is 36.3 Å². The molecule has 0 radical (unpaired) electrons. The topological polar surface area (TPSA) is 104 Å². The number of nitrogens with zero attached hydrogens (tertiary/aromatic N) is 5. The van der Waals surface area contributed by atoms with E-state index in [0.717, 1.165) is 0 Å². The fourth-order valence-corrected chi connectivity index (χ4v) is 3.84. The van der Waals surface area contributed by atoms with Crippen LogP contribution in [0.25, 0.3) is 0 Å². The molecule has 164 valence electrons. The zero-order valence-electron chi connectivity index (χ0n) is 16.8. The van der Waals surface area contributed by atoms with E-state index in [0.29, 0.717) is 48.4 Å². The number of carbonyl (C=O) groups is 2. The standard InChI is InChI=1S/C19H21FN6O4S/c1-12(27)21-9-14-10-26(19(28)30-14)13-2-3-16(15(20)8-13)24-4-6-25(7-5-24)18(31)17-23-22-11-29-17/h2-3,8,11,14H,4-7,9-10H2,1H3,(H,21,27). The first-order valence-corrected chi connectivity index (χ1v) is 10.2. The molecule has 2 aromatic rings. The Labute approximate surface area is 182 Å². The Hall–Kier alpha value is -3.28. The lowest BCUT2D eigenvalue weighted by Gasteiger charge is -2.36. The van der Waals surface area contributed by atoms with Gasteiger partial charge in [-0.05, 0) is 18.2 Å². The van der Waals surface area contributed by atoms with E-state index in [1.165, 1.54) is 24.3 Å². The Morgan fingerprint density at radius 1 is 1.32 bits per heavy atom. The first-order chi connectivity index (χ1) is 14.9. The number of anilines is 2. The van der Waals surface area contributed by atoms with Crippen molar-refractivity contribution in [3.8, 4) is 0 Å². The van der Waals surface area contributed by atoms with Crippen LogP contribution in [-0.2, 0) is 9.53 Å². The molecular weight excluding hydrogens is 427 g/mol. The highest BCUT2D eigenvalue weighted by Crippen LogP contribution is 2.28. The van der Waals surface area contributed by atoms with Crippen LogP contribution in [0, 0.1) is 5.82 Å². The van der Waals surface area contributed by atoms with Gasteiger partial charge in [-0.1, -0.05) is 12.2 Å². The lowest BCUT2D eigenvalue weighted by atomic mass is 10.2. The molecule has 2 aliphatic rings. The van der Waals surface area contributed by atoms with Crippen LogP contribution in [-0.4, -0.2) is 77.5 Å². The number of thiocarbonyl (C=S) groups is 1. The van der Waals surface area contributed by atoms with E-state index in [4.69, 9.17) is 21.4 Å². The number of nitrogens with one attached hydrogen (secondary N) is 1. The predicted molar refractivity (Wildman–Crippen MR) is 112 cm³/mol. The molecule has 31 heavy (non-hydrogen) atoms. The average Bonchev–Trinajstić information content (AvgIpc) is 3.42. The van der Waals surface area contributed by atoms with Gasteiger partial charge in [0.25, 0.3) is 5.89 Å². The van der Waals surface area contributed by atoms with Gasteiger partial charge in [0, 0.05) is 33.1 Å². The SMILES string of the molecule is CC(=O)NCC1CN(c2ccc(N3CCN(C(=S)c4nnco4)CC3)c(F)c2)C(=O)O1. The Morgan fingerprint density at radius 2 is 2.10 bits per heavy atom. The highest BCUT2D eigenvalue weighted by molar-refractivity contribution is 7.80. The van der Waals surface area contributed by atoms with Gasteiger partial charge in [-0.25, -0.2) is 9.18 Å². The van der Waals surface area contributed by atoms with Crippen LogP contribution in [0.5, 0.6) is 0 Å². The van der Waals surface area contributed by atoms with Crippen LogP contribution in [0.15, 0.2) is 29.0 Å². The van der Waals surface area contributed by atoms with Crippen molar-refractivity contribution >= 4 is 40.6 Å². The van der Waals surface area contributed by atoms with Gasteiger partial charge in [-0.3, -0.25) is 9.69 Å². The number of halogens is 1. The van der Waals surface area contributed by atoms with Gasteiger partial charge in [0.15, 0.2) is 4.99 Å². The second kappa shape index (κ2) is 8.84. The van der Waals surface area contributed by atoms with Gasteiger partial charge in [-0.2, -0.15) is 0 Å². The van der Waals surface area contributed by atoms with Crippen LogP contribution in [0.2, 0.25) is 0 Å². The summed E-state index contributed by atoms with van der Waals surface area (Å²) < 4.78 is 25.3. The molecule has 4 rings (SSSR count). The maximum absolute atomic E-state index is 14.9. The second-order valence-corrected chi connectivity index (χ2v) is 7.60. The third-order valence-corrected chi connectivity index (χ3v) is 5.58. The number of rotatable bonds is 5. The minimum Gasteiger partial charge on any atom is -0.442 e. The lowest BCUT2D eigenvalue weighted by molar-refractivity contribution is -0.119. The van der Waals surface area contributed by atoms with Crippen LogP contribution < -0.4 is 15.1 Å². The molecule has 10 nitrogen and oxygen atoms in total. The number of ether oxygens (including phenoxy) is 1. The minimum atomic E-state index is -0.564. The highest BCUT2D eigenvalue weighted by Gasteiger charge is 2.33. The number of aromatic nitrogens is 2. The number of amides is 2. The maximum Gasteiger partial charge on any atom is 0.414 e. The molecule has 1 N–H and O–H groups in total. The Morgan fingerprint density at radius 3 is 2.74 bits per heavy atom. The van der Waals surface area contributed by atoms with Gasteiger partial charge >= 0.3 is 6.09 Å². The molecule has 0 aliphatic carbocycles. The molecule has 3 heterocycles. The predicted octanol–water partition coefficient (Wildman–Crippen LogP) is 1.17. The van der Waals surface area contributed by atoms with E-state index >= 15 is 0 Å². The average molecular weight is 448 g/mol. The Balaban J connectivity index is 1.38. The van der Waals surface area contributed by atoms with Crippen molar-refractivity contribution in [1.82, 2.24) is 20.4 Å². The van der Waals surface area contributed by atoms with Gasteiger partial charge < -0.3 is 24.3 Å². The molecule has 1 atom stereocenters. The Bertz CT molecular complexity index is 980. The summed E-state index contributed by atoms with van der Waals surface area (Å²) in [7, 11) is 0. The zero-order chi connectivity index (χ0) is 22.0. The Kier molecular flexibility index (Phi) is 5.98. The molecule has 0 saturated carbocycles. The maximum atomic E-state index is 14.9. The number of hydrogen-bond acceptors (Lipinski definition) is 8. The molecular formula is C19H21FN6O4S. The van der Waals surface area contributed by atoms with Crippen molar-refractivity contribution in [2.45, 2.75) is 13.0 Å². The molecule has 2 aliphatic heterocycles. The molecule has 0 bridgehead atoms. The van der Waals surface area contributed by atoms with E-state index in [1.807, 2.05) is 9.80 Å². The van der Waals surface area contributed by atoms with E-state index in [2.05, 4.69) is 15.5 Å². The number of piperazine rings is 1. The molecule has 1 aromatic carbocycles. The van der Waals surface area contributed by atoms with Crippen molar-refractivity contribution < 1.29 is 23.1 Å².